The van der Waals surface area contributed by atoms with Gasteiger partial charge in [-0.1, -0.05) is 24.3 Å². The lowest BCUT2D eigenvalue weighted by molar-refractivity contribution is -0.136. The normalized spacial score (nSPS) is 18.2. The van der Waals surface area contributed by atoms with Gasteiger partial charge < -0.3 is 11.1 Å². The summed E-state index contributed by atoms with van der Waals surface area (Å²) >= 11 is 0. The molecule has 8 nitrogen and oxygen atoms in total. The van der Waals surface area contributed by atoms with Crippen LogP contribution in [0.25, 0.3) is 0 Å². The van der Waals surface area contributed by atoms with E-state index < -0.39 is 29.7 Å². The van der Waals surface area contributed by atoms with Crippen LogP contribution < -0.4 is 16.4 Å². The zero-order valence-electron chi connectivity index (χ0n) is 17.0. The molecule has 0 aliphatic carbocycles. The van der Waals surface area contributed by atoms with Crippen molar-refractivity contribution in [1.29, 1.82) is 0 Å². The molecule has 2 aromatic rings. The Balaban J connectivity index is 1.50. The number of rotatable bonds is 7. The smallest absolute Gasteiger partial charge is 0.262 e. The molecule has 4 rings (SSSR count). The van der Waals surface area contributed by atoms with Gasteiger partial charge in [0.15, 0.2) is 0 Å². The Hall–Kier alpha value is -3.52. The molecule has 0 aromatic heterocycles. The molecular formula is C23H24N4O4. The molecule has 160 valence electrons. The van der Waals surface area contributed by atoms with E-state index in [4.69, 9.17) is 5.73 Å². The average Bonchev–Trinajstić information content (AvgIpc) is 3.01. The molecule has 0 radical (unpaired) electrons. The average molecular weight is 420 g/mol. The highest BCUT2D eigenvalue weighted by Gasteiger charge is 2.44. The van der Waals surface area contributed by atoms with Gasteiger partial charge in [0, 0.05) is 18.7 Å². The highest BCUT2D eigenvalue weighted by atomic mass is 16.2. The summed E-state index contributed by atoms with van der Waals surface area (Å²) in [5, 5.41) is 5.59. The summed E-state index contributed by atoms with van der Waals surface area (Å²) in [6, 6.07) is 12.2. The molecular weight excluding hydrogens is 396 g/mol. The molecule has 4 N–H and O–H groups in total. The molecule has 1 unspecified atom stereocenters. The Morgan fingerprint density at radius 3 is 2.58 bits per heavy atom. The molecule has 1 atom stereocenters. The molecule has 2 aliphatic heterocycles. The molecule has 4 amide bonds. The van der Waals surface area contributed by atoms with E-state index >= 15 is 0 Å². The minimum atomic E-state index is -0.957. The third-order valence-corrected chi connectivity index (χ3v) is 5.65. The van der Waals surface area contributed by atoms with Gasteiger partial charge >= 0.3 is 0 Å². The number of para-hydroxylation sites is 1. The number of fused-ring (bicyclic) bond motifs is 1. The van der Waals surface area contributed by atoms with E-state index in [2.05, 4.69) is 16.7 Å². The lowest BCUT2D eigenvalue weighted by Gasteiger charge is -2.27. The summed E-state index contributed by atoms with van der Waals surface area (Å²) in [6.07, 6.45) is 2.01. The van der Waals surface area contributed by atoms with Gasteiger partial charge in [-0.2, -0.15) is 0 Å². The highest BCUT2D eigenvalue weighted by molar-refractivity contribution is 6.23. The number of carbonyl (C=O) groups excluding carboxylic acids is 4. The van der Waals surface area contributed by atoms with Crippen LogP contribution in [0.5, 0.6) is 0 Å². The summed E-state index contributed by atoms with van der Waals surface area (Å²) < 4.78 is 0. The fourth-order valence-corrected chi connectivity index (χ4v) is 4.03. The number of nitrogens with zero attached hydrogens (tertiary/aromatic N) is 1. The number of hydrogen-bond donors (Lipinski definition) is 3. The van der Waals surface area contributed by atoms with Crippen LogP contribution in [0.15, 0.2) is 42.5 Å². The number of carbonyl (C=O) groups is 4. The standard InChI is InChI=1S/C23H24N4O4/c24-11-3-5-15-4-1-2-6-18(15)25-13-14-7-8-16-17(12-14)23(31)27(22(16)30)19-9-10-20(28)26-21(19)29/h1-2,4,6-8,12,19,25H,3,5,9-11,13,24H2,(H,26,28,29). The molecule has 0 bridgehead atoms. The van der Waals surface area contributed by atoms with E-state index in [0.29, 0.717) is 13.1 Å². The van der Waals surface area contributed by atoms with Gasteiger partial charge in [0.1, 0.15) is 6.04 Å². The van der Waals surface area contributed by atoms with E-state index in [-0.39, 0.29) is 24.0 Å². The second-order valence-corrected chi connectivity index (χ2v) is 7.73. The molecule has 2 aliphatic rings. The molecule has 31 heavy (non-hydrogen) atoms. The van der Waals surface area contributed by atoms with Crippen molar-refractivity contribution in [3.63, 3.8) is 0 Å². The van der Waals surface area contributed by atoms with Crippen molar-refractivity contribution >= 4 is 29.3 Å². The van der Waals surface area contributed by atoms with Gasteiger partial charge in [0.2, 0.25) is 11.8 Å². The Kier molecular flexibility index (Phi) is 5.81. The van der Waals surface area contributed by atoms with Crippen molar-refractivity contribution in [2.45, 2.75) is 38.3 Å². The van der Waals surface area contributed by atoms with E-state index in [1.165, 1.54) is 5.56 Å². The summed E-state index contributed by atoms with van der Waals surface area (Å²) in [6.45, 7) is 1.10. The van der Waals surface area contributed by atoms with Crippen molar-refractivity contribution in [1.82, 2.24) is 10.2 Å². The number of piperidine rings is 1. The fraction of sp³-hybridized carbons (Fsp3) is 0.304. The number of aryl methyl sites for hydroxylation is 1. The third kappa shape index (κ3) is 4.06. The zero-order chi connectivity index (χ0) is 22.0. The third-order valence-electron chi connectivity index (χ3n) is 5.65. The first kappa shape index (κ1) is 20.7. The molecule has 2 heterocycles. The van der Waals surface area contributed by atoms with Gasteiger partial charge in [0.05, 0.1) is 11.1 Å². The van der Waals surface area contributed by atoms with Gasteiger partial charge in [-0.05, 0) is 55.1 Å². The van der Waals surface area contributed by atoms with Crippen molar-refractivity contribution < 1.29 is 19.2 Å². The number of hydrogen-bond acceptors (Lipinski definition) is 6. The van der Waals surface area contributed by atoms with Crippen molar-refractivity contribution in [3.8, 4) is 0 Å². The Morgan fingerprint density at radius 1 is 1.03 bits per heavy atom. The van der Waals surface area contributed by atoms with Crippen LogP contribution >= 0.6 is 0 Å². The fourth-order valence-electron chi connectivity index (χ4n) is 4.03. The van der Waals surface area contributed by atoms with E-state index in [1.807, 2.05) is 18.2 Å². The molecule has 1 fully saturated rings. The maximum atomic E-state index is 12.9. The first-order valence-corrected chi connectivity index (χ1v) is 10.4. The van der Waals surface area contributed by atoms with Gasteiger partial charge in [-0.3, -0.25) is 29.4 Å². The minimum absolute atomic E-state index is 0.0997. The Morgan fingerprint density at radius 2 is 1.81 bits per heavy atom. The Bertz CT molecular complexity index is 1070. The van der Waals surface area contributed by atoms with E-state index in [9.17, 15) is 19.2 Å². The first-order valence-electron chi connectivity index (χ1n) is 10.4. The highest BCUT2D eigenvalue weighted by Crippen LogP contribution is 2.28. The number of imide groups is 2. The predicted octanol–water partition coefficient (Wildman–Crippen LogP) is 1.59. The lowest BCUT2D eigenvalue weighted by Crippen LogP contribution is -2.54. The van der Waals surface area contributed by atoms with Gasteiger partial charge in [-0.25, -0.2) is 0 Å². The van der Waals surface area contributed by atoms with Crippen LogP contribution in [-0.2, 0) is 22.6 Å². The summed E-state index contributed by atoms with van der Waals surface area (Å²) in [7, 11) is 0. The lowest BCUT2D eigenvalue weighted by atomic mass is 10.0. The van der Waals surface area contributed by atoms with Gasteiger partial charge in [-0.15, -0.1) is 0 Å². The summed E-state index contributed by atoms with van der Waals surface area (Å²) in [5.74, 6) is -2.00. The SMILES string of the molecule is NCCCc1ccccc1NCc1ccc2c(c1)C(=O)N(C1CCC(=O)NC1=O)C2=O. The van der Waals surface area contributed by atoms with Crippen LogP contribution in [0.1, 0.15) is 51.1 Å². The number of nitrogens with two attached hydrogens (primary N) is 1. The second kappa shape index (κ2) is 8.69. The maximum absolute atomic E-state index is 12.9. The van der Waals surface area contributed by atoms with Crippen LogP contribution in [0, 0.1) is 0 Å². The largest absolute Gasteiger partial charge is 0.381 e. The number of amides is 4. The topological polar surface area (TPSA) is 122 Å². The molecule has 0 spiro atoms. The van der Waals surface area contributed by atoms with Crippen molar-refractivity contribution in [2.75, 3.05) is 11.9 Å². The van der Waals surface area contributed by atoms with E-state index in [1.54, 1.807) is 18.2 Å². The number of nitrogens with one attached hydrogen (secondary N) is 2. The molecule has 8 heteroatoms. The molecule has 0 saturated carbocycles. The van der Waals surface area contributed by atoms with Crippen molar-refractivity contribution in [3.05, 3.63) is 64.7 Å². The minimum Gasteiger partial charge on any atom is -0.381 e. The van der Waals surface area contributed by atoms with E-state index in [0.717, 1.165) is 29.0 Å². The second-order valence-electron chi connectivity index (χ2n) is 7.73. The number of anilines is 1. The first-order chi connectivity index (χ1) is 15.0. The molecule has 1 saturated heterocycles. The van der Waals surface area contributed by atoms with Gasteiger partial charge in [0.25, 0.3) is 11.8 Å². The zero-order valence-corrected chi connectivity index (χ0v) is 17.0. The number of benzene rings is 2. The maximum Gasteiger partial charge on any atom is 0.262 e. The van der Waals surface area contributed by atoms with Crippen LogP contribution in [0.4, 0.5) is 5.69 Å². The summed E-state index contributed by atoms with van der Waals surface area (Å²) in [4.78, 5) is 50.3. The summed E-state index contributed by atoms with van der Waals surface area (Å²) in [5.41, 5.74) is 9.21. The van der Waals surface area contributed by atoms with Crippen LogP contribution in [-0.4, -0.2) is 41.1 Å². The Labute approximate surface area is 179 Å². The van der Waals surface area contributed by atoms with Crippen LogP contribution in [0.2, 0.25) is 0 Å². The monoisotopic (exact) mass is 420 g/mol. The molecule has 2 aromatic carbocycles. The van der Waals surface area contributed by atoms with Crippen LogP contribution in [0.3, 0.4) is 0 Å². The van der Waals surface area contributed by atoms with Crippen molar-refractivity contribution in [2.24, 2.45) is 5.73 Å². The quantitative estimate of drug-likeness (QED) is 0.585. The predicted molar refractivity (Wildman–Crippen MR) is 114 cm³/mol.